The van der Waals surface area contributed by atoms with Crippen LogP contribution in [0.2, 0.25) is 0 Å². The van der Waals surface area contributed by atoms with Crippen LogP contribution in [-0.2, 0) is 16.6 Å². The molecule has 1 saturated heterocycles. The Kier molecular flexibility index (Phi) is 6.01. The first-order chi connectivity index (χ1) is 11.3. The molecule has 2 rings (SSSR count). The topological polar surface area (TPSA) is 79.5 Å². The van der Waals surface area contributed by atoms with Crippen LogP contribution in [0.1, 0.15) is 71.5 Å². The molecule has 0 atom stereocenters. The number of rotatable bonds is 6. The van der Waals surface area contributed by atoms with Crippen LogP contribution in [0.4, 0.5) is 0 Å². The minimum absolute atomic E-state index is 0.0178. The highest BCUT2D eigenvalue weighted by atomic mass is 16.5. The zero-order valence-electron chi connectivity index (χ0n) is 15.5. The first-order valence-electron chi connectivity index (χ1n) is 9.01. The highest BCUT2D eigenvalue weighted by Crippen LogP contribution is 2.34. The van der Waals surface area contributed by atoms with E-state index in [2.05, 4.69) is 17.1 Å². The first kappa shape index (κ1) is 18.9. The van der Waals surface area contributed by atoms with Gasteiger partial charge in [0.1, 0.15) is 0 Å². The van der Waals surface area contributed by atoms with E-state index >= 15 is 0 Å². The van der Waals surface area contributed by atoms with E-state index in [-0.39, 0.29) is 23.3 Å². The van der Waals surface area contributed by atoms with Crippen LogP contribution in [0.3, 0.4) is 0 Å². The third kappa shape index (κ3) is 4.56. The lowest BCUT2D eigenvalue weighted by Gasteiger charge is -2.40. The van der Waals surface area contributed by atoms with Gasteiger partial charge in [-0.15, -0.1) is 0 Å². The van der Waals surface area contributed by atoms with Crippen molar-refractivity contribution in [3.8, 4) is 0 Å². The summed E-state index contributed by atoms with van der Waals surface area (Å²) in [4.78, 5) is 18.7. The van der Waals surface area contributed by atoms with Crippen molar-refractivity contribution in [2.45, 2.75) is 71.6 Å². The summed E-state index contributed by atoms with van der Waals surface area (Å²) < 4.78 is 5.26. The summed E-state index contributed by atoms with van der Waals surface area (Å²) in [7, 11) is 0. The third-order valence-corrected chi connectivity index (χ3v) is 5.18. The third-order valence-electron chi connectivity index (χ3n) is 5.18. The zero-order chi connectivity index (χ0) is 17.8. The Balaban J connectivity index is 1.75. The average molecular weight is 337 g/mol. The van der Waals surface area contributed by atoms with Crippen molar-refractivity contribution in [3.05, 3.63) is 11.7 Å². The maximum atomic E-state index is 12.3. The second-order valence-corrected chi connectivity index (χ2v) is 8.01. The van der Waals surface area contributed by atoms with E-state index in [0.29, 0.717) is 24.6 Å². The maximum Gasteiger partial charge on any atom is 0.226 e. The molecule has 0 radical (unpaired) electrons. The molecule has 0 aliphatic carbocycles. The normalized spacial score (nSPS) is 18.0. The van der Waals surface area contributed by atoms with Gasteiger partial charge in [0, 0.05) is 38.0 Å². The molecule has 2 heterocycles. The SMILES string of the molecule is CCC1(CO)CCN(C(=O)CCCc2nc(C(C)(C)C)no2)CC1. The highest BCUT2D eigenvalue weighted by molar-refractivity contribution is 5.76. The lowest BCUT2D eigenvalue weighted by atomic mass is 9.77. The van der Waals surface area contributed by atoms with E-state index in [4.69, 9.17) is 4.52 Å². The maximum absolute atomic E-state index is 12.3. The summed E-state index contributed by atoms with van der Waals surface area (Å²) in [5, 5.41) is 13.6. The standard InChI is InChI=1S/C18H31N3O3/c1-5-18(13-22)9-11-21(12-10-18)15(23)8-6-7-14-19-16(20-24-14)17(2,3)4/h22H,5-13H2,1-4H3. The van der Waals surface area contributed by atoms with Crippen LogP contribution in [-0.4, -0.2) is 45.8 Å². The quantitative estimate of drug-likeness (QED) is 0.863. The smallest absolute Gasteiger partial charge is 0.226 e. The minimum atomic E-state index is -0.121. The number of aromatic nitrogens is 2. The molecule has 0 aromatic carbocycles. The molecule has 1 N–H and O–H groups in total. The fourth-order valence-electron chi connectivity index (χ4n) is 3.06. The van der Waals surface area contributed by atoms with E-state index in [1.807, 2.05) is 25.7 Å². The number of hydrogen-bond donors (Lipinski definition) is 1. The van der Waals surface area contributed by atoms with Crippen molar-refractivity contribution < 1.29 is 14.4 Å². The number of aliphatic hydroxyl groups excluding tert-OH is 1. The number of likely N-dealkylation sites (tertiary alicyclic amines) is 1. The molecule has 0 spiro atoms. The van der Waals surface area contributed by atoms with Gasteiger partial charge in [0.2, 0.25) is 11.8 Å². The van der Waals surface area contributed by atoms with Gasteiger partial charge in [-0.3, -0.25) is 4.79 Å². The van der Waals surface area contributed by atoms with Gasteiger partial charge in [0.25, 0.3) is 0 Å². The number of aryl methyl sites for hydroxylation is 1. The van der Waals surface area contributed by atoms with Gasteiger partial charge in [-0.25, -0.2) is 0 Å². The molecule has 1 amide bonds. The van der Waals surface area contributed by atoms with Crippen LogP contribution < -0.4 is 0 Å². The second-order valence-electron chi connectivity index (χ2n) is 8.01. The number of carbonyl (C=O) groups is 1. The molecule has 0 bridgehead atoms. The van der Waals surface area contributed by atoms with E-state index in [1.165, 1.54) is 0 Å². The number of nitrogens with zero attached hydrogens (tertiary/aromatic N) is 3. The fraction of sp³-hybridized carbons (Fsp3) is 0.833. The number of amides is 1. The van der Waals surface area contributed by atoms with Crippen molar-refractivity contribution in [1.82, 2.24) is 15.0 Å². The molecule has 1 aliphatic rings. The van der Waals surface area contributed by atoms with Gasteiger partial charge < -0.3 is 14.5 Å². The lowest BCUT2D eigenvalue weighted by Crippen LogP contribution is -2.44. The van der Waals surface area contributed by atoms with Crippen LogP contribution in [0, 0.1) is 5.41 Å². The van der Waals surface area contributed by atoms with Crippen molar-refractivity contribution in [2.24, 2.45) is 5.41 Å². The summed E-state index contributed by atoms with van der Waals surface area (Å²) in [5.74, 6) is 1.50. The predicted octanol–water partition coefficient (Wildman–Crippen LogP) is 2.70. The molecule has 1 aliphatic heterocycles. The van der Waals surface area contributed by atoms with Gasteiger partial charge >= 0.3 is 0 Å². The van der Waals surface area contributed by atoms with Gasteiger partial charge in [0.05, 0.1) is 0 Å². The van der Waals surface area contributed by atoms with Gasteiger partial charge in [-0.05, 0) is 31.1 Å². The van der Waals surface area contributed by atoms with Crippen molar-refractivity contribution >= 4 is 5.91 Å². The summed E-state index contributed by atoms with van der Waals surface area (Å²) >= 11 is 0. The van der Waals surface area contributed by atoms with E-state index < -0.39 is 0 Å². The molecule has 1 aromatic heterocycles. The van der Waals surface area contributed by atoms with Crippen molar-refractivity contribution in [2.75, 3.05) is 19.7 Å². The molecule has 6 heteroatoms. The summed E-state index contributed by atoms with van der Waals surface area (Å²) in [5.41, 5.74) is -0.103. The van der Waals surface area contributed by atoms with E-state index in [0.717, 1.165) is 38.8 Å². The predicted molar refractivity (Wildman–Crippen MR) is 91.6 cm³/mol. The van der Waals surface area contributed by atoms with Gasteiger partial charge in [-0.1, -0.05) is 32.9 Å². The Labute approximate surface area is 144 Å². The number of carbonyl (C=O) groups excluding carboxylic acids is 1. The van der Waals surface area contributed by atoms with E-state index in [1.54, 1.807) is 0 Å². The first-order valence-corrected chi connectivity index (χ1v) is 9.01. The highest BCUT2D eigenvalue weighted by Gasteiger charge is 2.33. The molecule has 1 fully saturated rings. The molecule has 1 aromatic rings. The molecule has 0 saturated carbocycles. The minimum Gasteiger partial charge on any atom is -0.396 e. The van der Waals surface area contributed by atoms with Crippen molar-refractivity contribution in [3.63, 3.8) is 0 Å². The summed E-state index contributed by atoms with van der Waals surface area (Å²) in [6, 6.07) is 0. The molecule has 6 nitrogen and oxygen atoms in total. The number of hydrogen-bond acceptors (Lipinski definition) is 5. The summed E-state index contributed by atoms with van der Waals surface area (Å²) in [6.45, 7) is 9.98. The largest absolute Gasteiger partial charge is 0.396 e. The fourth-order valence-corrected chi connectivity index (χ4v) is 3.06. The van der Waals surface area contributed by atoms with Crippen LogP contribution in [0.5, 0.6) is 0 Å². The Bertz CT molecular complexity index is 534. The van der Waals surface area contributed by atoms with E-state index in [9.17, 15) is 9.90 Å². The Morgan fingerprint density at radius 3 is 2.50 bits per heavy atom. The number of aliphatic hydroxyl groups is 1. The van der Waals surface area contributed by atoms with Crippen LogP contribution in [0.15, 0.2) is 4.52 Å². The van der Waals surface area contributed by atoms with Crippen molar-refractivity contribution in [1.29, 1.82) is 0 Å². The monoisotopic (exact) mass is 337 g/mol. The molecule has 136 valence electrons. The van der Waals surface area contributed by atoms with Crippen LogP contribution >= 0.6 is 0 Å². The average Bonchev–Trinajstić information content (AvgIpc) is 3.04. The van der Waals surface area contributed by atoms with Gasteiger partial charge in [0.15, 0.2) is 5.82 Å². The molecule has 0 unspecified atom stereocenters. The lowest BCUT2D eigenvalue weighted by molar-refractivity contribution is -0.134. The van der Waals surface area contributed by atoms with Crippen LogP contribution in [0.25, 0.3) is 0 Å². The molecule has 24 heavy (non-hydrogen) atoms. The second kappa shape index (κ2) is 7.64. The number of piperidine rings is 1. The Morgan fingerprint density at radius 2 is 2.00 bits per heavy atom. The zero-order valence-corrected chi connectivity index (χ0v) is 15.5. The Morgan fingerprint density at radius 1 is 1.33 bits per heavy atom. The summed E-state index contributed by atoms with van der Waals surface area (Å²) in [6.07, 6.45) is 4.62. The Hall–Kier alpha value is -1.43. The van der Waals surface area contributed by atoms with Gasteiger partial charge in [-0.2, -0.15) is 4.98 Å². The molecular weight excluding hydrogens is 306 g/mol. The molecular formula is C18H31N3O3.